The second-order valence-electron chi connectivity index (χ2n) is 5.38. The first-order chi connectivity index (χ1) is 8.82. The second kappa shape index (κ2) is 8.65. The van der Waals surface area contributed by atoms with Gasteiger partial charge < -0.3 is 10.6 Å². The Kier molecular flexibility index (Phi) is 8.40. The van der Waals surface area contributed by atoms with E-state index in [1.165, 1.54) is 0 Å². The van der Waals surface area contributed by atoms with Gasteiger partial charge in [0.2, 0.25) is 0 Å². The van der Waals surface area contributed by atoms with Crippen molar-refractivity contribution >= 4 is 34.2 Å². The van der Waals surface area contributed by atoms with E-state index in [2.05, 4.69) is 29.8 Å². The Hall–Kier alpha value is -0.580. The highest BCUT2D eigenvalue weighted by atomic mass is 79.9. The number of halogens is 2. The van der Waals surface area contributed by atoms with E-state index in [0.717, 1.165) is 22.0 Å². The van der Waals surface area contributed by atoms with Gasteiger partial charge in [0, 0.05) is 29.7 Å². The molecule has 0 radical (unpaired) electrons. The molecule has 0 saturated carbocycles. The SMILES string of the molecule is Cc1cc(Br)ccc1C(=O)N(C)CCC(N)C(C)C.Cl. The van der Waals surface area contributed by atoms with Gasteiger partial charge in [-0.15, -0.1) is 12.4 Å². The molecule has 1 atom stereocenters. The van der Waals surface area contributed by atoms with Gasteiger partial charge in [0.15, 0.2) is 0 Å². The number of benzene rings is 1. The molecule has 1 amide bonds. The summed E-state index contributed by atoms with van der Waals surface area (Å²) in [6.07, 6.45) is 0.829. The molecular formula is C15H24BrClN2O. The van der Waals surface area contributed by atoms with Gasteiger partial charge in [-0.3, -0.25) is 4.79 Å². The number of carbonyl (C=O) groups excluding carboxylic acids is 1. The first-order valence-corrected chi connectivity index (χ1v) is 7.39. The van der Waals surface area contributed by atoms with Gasteiger partial charge >= 0.3 is 0 Å². The summed E-state index contributed by atoms with van der Waals surface area (Å²) in [7, 11) is 1.83. The van der Waals surface area contributed by atoms with Crippen molar-refractivity contribution in [3.8, 4) is 0 Å². The summed E-state index contributed by atoms with van der Waals surface area (Å²) in [6, 6.07) is 5.86. The van der Waals surface area contributed by atoms with Crippen LogP contribution in [-0.4, -0.2) is 30.4 Å². The van der Waals surface area contributed by atoms with Gasteiger partial charge in [0.05, 0.1) is 0 Å². The summed E-state index contributed by atoms with van der Waals surface area (Å²) >= 11 is 3.41. The molecule has 0 aliphatic rings. The zero-order chi connectivity index (χ0) is 14.6. The van der Waals surface area contributed by atoms with Gasteiger partial charge in [0.25, 0.3) is 5.91 Å². The molecule has 2 N–H and O–H groups in total. The molecule has 0 spiro atoms. The summed E-state index contributed by atoms with van der Waals surface area (Å²) < 4.78 is 0.992. The maximum Gasteiger partial charge on any atom is 0.253 e. The molecular weight excluding hydrogens is 340 g/mol. The predicted molar refractivity (Wildman–Crippen MR) is 90.5 cm³/mol. The smallest absolute Gasteiger partial charge is 0.253 e. The van der Waals surface area contributed by atoms with Crippen molar-refractivity contribution in [3.05, 3.63) is 33.8 Å². The quantitative estimate of drug-likeness (QED) is 0.868. The monoisotopic (exact) mass is 362 g/mol. The molecule has 0 aromatic heterocycles. The van der Waals surface area contributed by atoms with Crippen LogP contribution in [0.15, 0.2) is 22.7 Å². The standard InChI is InChI=1S/C15H23BrN2O.ClH/c1-10(2)14(17)7-8-18(4)15(19)13-6-5-12(16)9-11(13)3;/h5-6,9-10,14H,7-8,17H2,1-4H3;1H. The first kappa shape index (κ1) is 19.4. The highest BCUT2D eigenvalue weighted by molar-refractivity contribution is 9.10. The van der Waals surface area contributed by atoms with Gasteiger partial charge in [0.1, 0.15) is 0 Å². The maximum absolute atomic E-state index is 12.3. The molecule has 3 nitrogen and oxygen atoms in total. The van der Waals surface area contributed by atoms with E-state index in [0.29, 0.717) is 12.5 Å². The van der Waals surface area contributed by atoms with Crippen LogP contribution in [-0.2, 0) is 0 Å². The first-order valence-electron chi connectivity index (χ1n) is 6.60. The van der Waals surface area contributed by atoms with Crippen LogP contribution in [0.2, 0.25) is 0 Å². The molecule has 0 bridgehead atoms. The highest BCUT2D eigenvalue weighted by Crippen LogP contribution is 2.17. The molecule has 5 heteroatoms. The minimum atomic E-state index is 0. The number of carbonyl (C=O) groups is 1. The third-order valence-corrected chi connectivity index (χ3v) is 3.91. The fourth-order valence-corrected chi connectivity index (χ4v) is 2.33. The van der Waals surface area contributed by atoms with E-state index >= 15 is 0 Å². The van der Waals surface area contributed by atoms with E-state index in [1.54, 1.807) is 4.90 Å². The molecule has 0 fully saturated rings. The van der Waals surface area contributed by atoms with E-state index in [4.69, 9.17) is 5.73 Å². The second-order valence-corrected chi connectivity index (χ2v) is 6.30. The number of aryl methyl sites for hydroxylation is 1. The molecule has 1 rings (SSSR count). The lowest BCUT2D eigenvalue weighted by Gasteiger charge is -2.22. The fourth-order valence-electron chi connectivity index (χ4n) is 1.85. The predicted octanol–water partition coefficient (Wildman–Crippen LogP) is 3.62. The number of nitrogens with two attached hydrogens (primary N) is 1. The van der Waals surface area contributed by atoms with E-state index in [1.807, 2.05) is 32.2 Å². The number of hydrogen-bond donors (Lipinski definition) is 1. The molecule has 1 unspecified atom stereocenters. The Morgan fingerprint density at radius 1 is 1.40 bits per heavy atom. The van der Waals surface area contributed by atoms with Crippen LogP contribution < -0.4 is 5.73 Å². The van der Waals surface area contributed by atoms with Gasteiger partial charge in [-0.25, -0.2) is 0 Å². The molecule has 1 aromatic carbocycles. The number of nitrogens with zero attached hydrogens (tertiary/aromatic N) is 1. The molecule has 0 heterocycles. The van der Waals surface area contributed by atoms with Crippen molar-refractivity contribution in [1.82, 2.24) is 4.90 Å². The summed E-state index contributed by atoms with van der Waals surface area (Å²) in [5.74, 6) is 0.499. The van der Waals surface area contributed by atoms with Gasteiger partial charge in [-0.2, -0.15) is 0 Å². The summed E-state index contributed by atoms with van der Waals surface area (Å²) in [6.45, 7) is 6.84. The molecule has 1 aromatic rings. The molecule has 114 valence electrons. The van der Waals surface area contributed by atoms with E-state index in [9.17, 15) is 4.79 Å². The normalized spacial score (nSPS) is 11.9. The Bertz CT molecular complexity index is 451. The van der Waals surface area contributed by atoms with Crippen LogP contribution in [0.25, 0.3) is 0 Å². The maximum atomic E-state index is 12.3. The summed E-state index contributed by atoms with van der Waals surface area (Å²) in [5.41, 5.74) is 7.75. The lowest BCUT2D eigenvalue weighted by molar-refractivity contribution is 0.0788. The Balaban J connectivity index is 0.00000361. The average Bonchev–Trinajstić information content (AvgIpc) is 2.34. The molecule has 0 saturated heterocycles. The van der Waals surface area contributed by atoms with Crippen molar-refractivity contribution in [3.63, 3.8) is 0 Å². The van der Waals surface area contributed by atoms with Crippen LogP contribution in [0.3, 0.4) is 0 Å². The van der Waals surface area contributed by atoms with Crippen molar-refractivity contribution < 1.29 is 4.79 Å². The zero-order valence-electron chi connectivity index (χ0n) is 12.5. The van der Waals surface area contributed by atoms with Crippen molar-refractivity contribution in [2.24, 2.45) is 11.7 Å². The molecule has 20 heavy (non-hydrogen) atoms. The molecule has 0 aliphatic carbocycles. The van der Waals surface area contributed by atoms with Crippen LogP contribution in [0.1, 0.15) is 36.2 Å². The fraction of sp³-hybridized carbons (Fsp3) is 0.533. The minimum absolute atomic E-state index is 0. The van der Waals surface area contributed by atoms with Crippen LogP contribution in [0, 0.1) is 12.8 Å². The van der Waals surface area contributed by atoms with Crippen LogP contribution in [0.5, 0.6) is 0 Å². The Morgan fingerprint density at radius 2 is 2.00 bits per heavy atom. The lowest BCUT2D eigenvalue weighted by Crippen LogP contribution is -2.34. The lowest BCUT2D eigenvalue weighted by atomic mass is 10.0. The van der Waals surface area contributed by atoms with Gasteiger partial charge in [-0.05, 0) is 43.0 Å². The van der Waals surface area contributed by atoms with E-state index < -0.39 is 0 Å². The van der Waals surface area contributed by atoms with E-state index in [-0.39, 0.29) is 24.4 Å². The zero-order valence-corrected chi connectivity index (χ0v) is 14.9. The average molecular weight is 364 g/mol. The number of hydrogen-bond acceptors (Lipinski definition) is 2. The van der Waals surface area contributed by atoms with Crippen LogP contribution in [0.4, 0.5) is 0 Å². The van der Waals surface area contributed by atoms with Crippen molar-refractivity contribution in [2.45, 2.75) is 33.2 Å². The number of amides is 1. The van der Waals surface area contributed by atoms with Crippen LogP contribution >= 0.6 is 28.3 Å². The third kappa shape index (κ3) is 5.43. The summed E-state index contributed by atoms with van der Waals surface area (Å²) in [4.78, 5) is 14.1. The van der Waals surface area contributed by atoms with Gasteiger partial charge in [-0.1, -0.05) is 29.8 Å². The Labute approximate surface area is 136 Å². The van der Waals surface area contributed by atoms with Crippen molar-refractivity contribution in [1.29, 1.82) is 0 Å². The number of rotatable bonds is 5. The van der Waals surface area contributed by atoms with Crippen molar-refractivity contribution in [2.75, 3.05) is 13.6 Å². The largest absolute Gasteiger partial charge is 0.342 e. The third-order valence-electron chi connectivity index (χ3n) is 3.42. The minimum Gasteiger partial charge on any atom is -0.342 e. The Morgan fingerprint density at radius 3 is 2.50 bits per heavy atom. The summed E-state index contributed by atoms with van der Waals surface area (Å²) in [5, 5.41) is 0. The topological polar surface area (TPSA) is 46.3 Å². The molecule has 0 aliphatic heterocycles. The highest BCUT2D eigenvalue weighted by Gasteiger charge is 2.16.